The standard InChI is InChI=1S/C11H18N3O14P3/c1-2-5-3-14(11(17)13-9(5)12)10-8(16)7(15)6(26-10)4-25-30(21,22)28-31(23,24)27-29(18,19)20/h2-3,6-8,10,15-16H,1,4H2,(H,21,22)(H,23,24)(H2,12,13,17)(H2,18,19,20)/p-3. The van der Waals surface area contributed by atoms with Crippen LogP contribution in [-0.2, 0) is 31.6 Å². The highest BCUT2D eigenvalue weighted by molar-refractivity contribution is 7.65. The molecule has 6 atom stereocenters. The van der Waals surface area contributed by atoms with Crippen molar-refractivity contribution in [2.75, 3.05) is 12.3 Å². The van der Waals surface area contributed by atoms with E-state index in [1.165, 1.54) is 6.08 Å². The third kappa shape index (κ3) is 6.84. The average molecular weight is 506 g/mol. The van der Waals surface area contributed by atoms with Gasteiger partial charge in [-0.2, -0.15) is 4.98 Å². The van der Waals surface area contributed by atoms with Gasteiger partial charge in [-0.05, 0) is 0 Å². The molecule has 6 unspecified atom stereocenters. The second-order valence-corrected chi connectivity index (χ2v) is 10.1. The van der Waals surface area contributed by atoms with Crippen LogP contribution in [0, 0.1) is 0 Å². The maximum absolute atomic E-state index is 12.0. The minimum atomic E-state index is -6.09. The van der Waals surface area contributed by atoms with Crippen LogP contribution < -0.4 is 26.1 Å². The molecule has 20 heteroatoms. The lowest BCUT2D eigenvalue weighted by Crippen LogP contribution is -2.36. The van der Waals surface area contributed by atoms with Gasteiger partial charge in [-0.25, -0.2) is 13.7 Å². The van der Waals surface area contributed by atoms with Crippen LogP contribution >= 0.6 is 23.5 Å². The molecule has 1 aliphatic heterocycles. The van der Waals surface area contributed by atoms with Gasteiger partial charge < -0.3 is 49.3 Å². The molecule has 0 amide bonds. The Morgan fingerprint density at radius 1 is 1.26 bits per heavy atom. The van der Waals surface area contributed by atoms with E-state index in [4.69, 9.17) is 15.4 Å². The predicted molar refractivity (Wildman–Crippen MR) is 92.1 cm³/mol. The topological polar surface area (TPSA) is 279 Å². The number of hydrogen-bond donors (Lipinski definition) is 4. The summed E-state index contributed by atoms with van der Waals surface area (Å²) in [5.41, 5.74) is 4.70. The van der Waals surface area contributed by atoms with Crippen molar-refractivity contribution >= 4 is 35.4 Å². The highest BCUT2D eigenvalue weighted by Gasteiger charge is 2.45. The Morgan fingerprint density at radius 3 is 2.42 bits per heavy atom. The number of phosphoric acid groups is 3. The number of nitrogens with two attached hydrogens (primary N) is 1. The SMILES string of the molecule is C=Cc1cn(C2OC(COP(=O)([O-])OP(=O)(O)OP(=O)([O-])[O-])C(O)C2O)c(=O)nc1N. The van der Waals surface area contributed by atoms with Gasteiger partial charge in [0.15, 0.2) is 6.23 Å². The van der Waals surface area contributed by atoms with Crippen LogP contribution in [0.25, 0.3) is 6.08 Å². The number of phosphoric ester groups is 1. The number of nitrogen functional groups attached to an aromatic ring is 1. The summed E-state index contributed by atoms with van der Waals surface area (Å²) in [5, 5.41) is 20.2. The van der Waals surface area contributed by atoms with Crippen LogP contribution in [0.1, 0.15) is 11.8 Å². The van der Waals surface area contributed by atoms with Crippen LogP contribution in [0.3, 0.4) is 0 Å². The molecule has 0 saturated carbocycles. The summed E-state index contributed by atoms with van der Waals surface area (Å²) < 4.78 is 49.9. The van der Waals surface area contributed by atoms with Crippen molar-refractivity contribution in [1.82, 2.24) is 9.55 Å². The molecule has 0 spiro atoms. The van der Waals surface area contributed by atoms with E-state index >= 15 is 0 Å². The van der Waals surface area contributed by atoms with Crippen molar-refractivity contribution in [3.05, 3.63) is 28.8 Å². The zero-order valence-electron chi connectivity index (χ0n) is 15.0. The molecule has 2 heterocycles. The van der Waals surface area contributed by atoms with Crippen LogP contribution in [0.4, 0.5) is 5.82 Å². The minimum Gasteiger partial charge on any atom is -0.789 e. The fraction of sp³-hybridized carbons (Fsp3) is 0.455. The summed E-state index contributed by atoms with van der Waals surface area (Å²) in [6, 6.07) is 0. The molecule has 0 aromatic carbocycles. The Balaban J connectivity index is 2.12. The second-order valence-electron chi connectivity index (χ2n) is 5.84. The third-order valence-electron chi connectivity index (χ3n) is 3.65. The number of anilines is 1. The van der Waals surface area contributed by atoms with Gasteiger partial charge in [0.1, 0.15) is 24.1 Å². The highest BCUT2D eigenvalue weighted by Crippen LogP contribution is 2.63. The molecule has 1 saturated heterocycles. The van der Waals surface area contributed by atoms with Crippen molar-refractivity contribution in [2.24, 2.45) is 0 Å². The number of nitrogens with zero attached hydrogens (tertiary/aromatic N) is 2. The van der Waals surface area contributed by atoms with Gasteiger partial charge in [0.2, 0.25) is 0 Å². The third-order valence-corrected chi connectivity index (χ3v) is 7.36. The highest BCUT2D eigenvalue weighted by atomic mass is 31.3. The molecule has 176 valence electrons. The summed E-state index contributed by atoms with van der Waals surface area (Å²) in [4.78, 5) is 56.7. The lowest BCUT2D eigenvalue weighted by molar-refractivity contribution is -0.334. The van der Waals surface area contributed by atoms with Gasteiger partial charge in [-0.15, -0.1) is 0 Å². The molecule has 0 radical (unpaired) electrons. The van der Waals surface area contributed by atoms with E-state index in [0.717, 1.165) is 10.8 Å². The Morgan fingerprint density at radius 2 is 1.87 bits per heavy atom. The van der Waals surface area contributed by atoms with E-state index in [1.807, 2.05) is 0 Å². The van der Waals surface area contributed by atoms with Crippen LogP contribution in [0.2, 0.25) is 0 Å². The van der Waals surface area contributed by atoms with E-state index in [0.29, 0.717) is 0 Å². The summed E-state index contributed by atoms with van der Waals surface area (Å²) in [7, 11) is -17.8. The van der Waals surface area contributed by atoms with Crippen LogP contribution in [0.15, 0.2) is 17.6 Å². The van der Waals surface area contributed by atoms with Crippen LogP contribution in [-0.4, -0.2) is 49.6 Å². The first-order valence-corrected chi connectivity index (χ1v) is 12.2. The van der Waals surface area contributed by atoms with Gasteiger partial charge in [-0.1, -0.05) is 12.7 Å². The van der Waals surface area contributed by atoms with Gasteiger partial charge >= 0.3 is 13.5 Å². The zero-order valence-corrected chi connectivity index (χ0v) is 17.7. The van der Waals surface area contributed by atoms with Gasteiger partial charge in [-0.3, -0.25) is 13.4 Å². The minimum absolute atomic E-state index is 0.176. The normalized spacial score (nSPS) is 28.1. The predicted octanol–water partition coefficient (Wildman–Crippen LogP) is -3.46. The van der Waals surface area contributed by atoms with Gasteiger partial charge in [0.05, 0.1) is 14.4 Å². The number of hydrogen-bond acceptors (Lipinski definition) is 15. The number of aliphatic hydroxyl groups is 2. The first-order valence-electron chi connectivity index (χ1n) is 7.81. The number of aliphatic hydroxyl groups excluding tert-OH is 2. The van der Waals surface area contributed by atoms with Gasteiger partial charge in [0, 0.05) is 11.8 Å². The van der Waals surface area contributed by atoms with Gasteiger partial charge in [0.25, 0.3) is 7.82 Å². The zero-order chi connectivity index (χ0) is 23.8. The molecule has 31 heavy (non-hydrogen) atoms. The summed E-state index contributed by atoms with van der Waals surface area (Å²) in [5.74, 6) is -0.176. The number of ether oxygens (including phenoxy) is 1. The Bertz CT molecular complexity index is 1040. The molecule has 2 rings (SSSR count). The van der Waals surface area contributed by atoms with E-state index in [9.17, 15) is 43.4 Å². The number of aromatic nitrogens is 2. The second kappa shape index (κ2) is 9.29. The summed E-state index contributed by atoms with van der Waals surface area (Å²) in [6.45, 7) is 2.32. The van der Waals surface area contributed by atoms with Crippen molar-refractivity contribution in [1.29, 1.82) is 0 Å². The fourth-order valence-electron chi connectivity index (χ4n) is 2.39. The summed E-state index contributed by atoms with van der Waals surface area (Å²) in [6.07, 6.45) is -4.49. The molecule has 17 nitrogen and oxygen atoms in total. The molecule has 0 aliphatic carbocycles. The molecule has 5 N–H and O–H groups in total. The smallest absolute Gasteiger partial charge is 0.482 e. The van der Waals surface area contributed by atoms with E-state index in [2.05, 4.69) is 24.7 Å². The monoisotopic (exact) mass is 506 g/mol. The number of rotatable bonds is 9. The first-order chi connectivity index (χ1) is 14.1. The fourth-order valence-corrected chi connectivity index (χ4v) is 5.32. The van der Waals surface area contributed by atoms with Crippen LogP contribution in [0.5, 0.6) is 0 Å². The lowest BCUT2D eigenvalue weighted by Gasteiger charge is -2.32. The molecule has 1 aliphatic rings. The Labute approximate surface area is 172 Å². The van der Waals surface area contributed by atoms with Crippen molar-refractivity contribution in [3.63, 3.8) is 0 Å². The molecular weight excluding hydrogens is 491 g/mol. The maximum atomic E-state index is 12.0. The molecule has 1 fully saturated rings. The average Bonchev–Trinajstić information content (AvgIpc) is 2.85. The van der Waals surface area contributed by atoms with Crippen molar-refractivity contribution in [2.45, 2.75) is 24.5 Å². The Kier molecular flexibility index (Phi) is 7.78. The van der Waals surface area contributed by atoms with Crippen molar-refractivity contribution in [3.8, 4) is 0 Å². The maximum Gasteiger partial charge on any atom is 0.482 e. The largest absolute Gasteiger partial charge is 0.789 e. The van der Waals surface area contributed by atoms with E-state index in [-0.39, 0.29) is 11.4 Å². The molecular formula is C11H15N3O14P3-3. The molecule has 0 bridgehead atoms. The lowest BCUT2D eigenvalue weighted by atomic mass is 10.1. The Hall–Kier alpha value is -1.29. The van der Waals surface area contributed by atoms with Crippen molar-refractivity contribution < 1.29 is 61.4 Å². The van der Waals surface area contributed by atoms with E-state index < -0.39 is 60.3 Å². The molecule has 1 aromatic heterocycles. The van der Waals surface area contributed by atoms with E-state index in [1.54, 1.807) is 0 Å². The quantitative estimate of drug-likeness (QED) is 0.237. The first kappa shape index (κ1) is 26.0. The molecule has 1 aromatic rings. The summed E-state index contributed by atoms with van der Waals surface area (Å²) >= 11 is 0.